The number of nitrogens with zero attached hydrogens (tertiary/aromatic N) is 3. The number of para-hydroxylation sites is 2. The average Bonchev–Trinajstić information content (AvgIpc) is 2.96. The molecule has 0 spiro atoms. The first-order valence-corrected chi connectivity index (χ1v) is 9.81. The van der Waals surface area contributed by atoms with Gasteiger partial charge in [0, 0.05) is 11.6 Å². The Balaban J connectivity index is 1.70. The summed E-state index contributed by atoms with van der Waals surface area (Å²) in [5, 5.41) is 3.09. The molecule has 2 aliphatic carbocycles. The molecular weight excluding hydrogens is 348 g/mol. The molecule has 1 amide bonds. The number of carbonyl (C=O) groups excluding carboxylic acids is 1. The number of rotatable bonds is 2. The van der Waals surface area contributed by atoms with Crippen LogP contribution in [0.15, 0.2) is 42.6 Å². The standard InChI is InChI=1S/C23H24N4O/c1-14-9-12-24-17(13-14)27-20(28)23-11-10-22(4,21(23,2)3)18-19(23)26-16-8-6-5-7-15(16)25-18/h5-9,12-13H,10-11H2,1-4H3,(H,24,27,28). The van der Waals surface area contributed by atoms with Gasteiger partial charge in [-0.3, -0.25) is 4.79 Å². The summed E-state index contributed by atoms with van der Waals surface area (Å²) < 4.78 is 0. The maximum Gasteiger partial charge on any atom is 0.238 e. The van der Waals surface area contributed by atoms with Gasteiger partial charge in [0.15, 0.2) is 0 Å². The summed E-state index contributed by atoms with van der Waals surface area (Å²) in [5.74, 6) is 0.564. The molecular formula is C23H24N4O. The summed E-state index contributed by atoms with van der Waals surface area (Å²) in [6.07, 6.45) is 3.42. The fourth-order valence-electron chi connectivity index (χ4n) is 5.38. The van der Waals surface area contributed by atoms with Gasteiger partial charge in [0.1, 0.15) is 5.82 Å². The van der Waals surface area contributed by atoms with E-state index in [1.807, 2.05) is 43.3 Å². The number of aromatic nitrogens is 3. The number of hydrogen-bond acceptors (Lipinski definition) is 4. The van der Waals surface area contributed by atoms with Gasteiger partial charge in [0.25, 0.3) is 0 Å². The first-order valence-electron chi connectivity index (χ1n) is 9.81. The van der Waals surface area contributed by atoms with E-state index in [2.05, 4.69) is 31.1 Å². The molecule has 2 heterocycles. The molecule has 142 valence electrons. The van der Waals surface area contributed by atoms with Crippen molar-refractivity contribution in [1.29, 1.82) is 0 Å². The molecule has 5 rings (SSSR count). The zero-order valence-corrected chi connectivity index (χ0v) is 16.7. The number of fused-ring (bicyclic) bond motifs is 6. The third kappa shape index (κ3) is 1.91. The number of carbonyl (C=O) groups is 1. The number of nitrogens with one attached hydrogen (secondary N) is 1. The van der Waals surface area contributed by atoms with E-state index in [9.17, 15) is 4.79 Å². The second-order valence-electron chi connectivity index (χ2n) is 8.94. The Bertz CT molecular complexity index is 1140. The average molecular weight is 372 g/mol. The molecule has 28 heavy (non-hydrogen) atoms. The number of benzene rings is 1. The SMILES string of the molecule is Cc1ccnc(NC(=O)C23CCC(C)(c4nc5ccccc5nc42)C3(C)C)c1. The lowest BCUT2D eigenvalue weighted by Crippen LogP contribution is -2.48. The van der Waals surface area contributed by atoms with Crippen LogP contribution in [-0.2, 0) is 15.6 Å². The van der Waals surface area contributed by atoms with E-state index >= 15 is 0 Å². The van der Waals surface area contributed by atoms with Gasteiger partial charge in [0.2, 0.25) is 5.91 Å². The number of aryl methyl sites for hydroxylation is 1. The molecule has 0 aliphatic heterocycles. The lowest BCUT2D eigenvalue weighted by atomic mass is 9.63. The van der Waals surface area contributed by atoms with Crippen molar-refractivity contribution in [3.8, 4) is 0 Å². The molecule has 2 aliphatic rings. The molecule has 0 saturated heterocycles. The van der Waals surface area contributed by atoms with Gasteiger partial charge in [-0.15, -0.1) is 0 Å². The Morgan fingerprint density at radius 2 is 1.68 bits per heavy atom. The van der Waals surface area contributed by atoms with Gasteiger partial charge in [-0.05, 0) is 55.0 Å². The molecule has 2 unspecified atom stereocenters. The highest BCUT2D eigenvalue weighted by molar-refractivity contribution is 6.01. The Labute approximate surface area is 164 Å². The van der Waals surface area contributed by atoms with Crippen LogP contribution in [0, 0.1) is 12.3 Å². The van der Waals surface area contributed by atoms with Crippen molar-refractivity contribution in [2.24, 2.45) is 5.41 Å². The zero-order valence-electron chi connectivity index (χ0n) is 16.7. The summed E-state index contributed by atoms with van der Waals surface area (Å²) in [4.78, 5) is 28.1. The van der Waals surface area contributed by atoms with Crippen molar-refractivity contribution >= 4 is 22.8 Å². The molecule has 3 aromatic rings. The predicted molar refractivity (Wildman–Crippen MR) is 109 cm³/mol. The summed E-state index contributed by atoms with van der Waals surface area (Å²) in [7, 11) is 0. The Morgan fingerprint density at radius 1 is 1.00 bits per heavy atom. The lowest BCUT2D eigenvalue weighted by molar-refractivity contribution is -0.125. The van der Waals surface area contributed by atoms with Crippen LogP contribution in [0.25, 0.3) is 11.0 Å². The van der Waals surface area contributed by atoms with E-state index in [1.165, 1.54) is 0 Å². The van der Waals surface area contributed by atoms with E-state index in [-0.39, 0.29) is 16.7 Å². The van der Waals surface area contributed by atoms with Crippen molar-refractivity contribution in [2.45, 2.75) is 51.4 Å². The number of hydrogen-bond donors (Lipinski definition) is 1. The van der Waals surface area contributed by atoms with Crippen LogP contribution in [-0.4, -0.2) is 20.9 Å². The van der Waals surface area contributed by atoms with E-state index in [4.69, 9.17) is 9.97 Å². The zero-order chi connectivity index (χ0) is 19.7. The van der Waals surface area contributed by atoms with Crippen LogP contribution < -0.4 is 5.32 Å². The lowest BCUT2D eigenvalue weighted by Gasteiger charge is -2.39. The van der Waals surface area contributed by atoms with Crippen molar-refractivity contribution in [3.05, 3.63) is 59.5 Å². The van der Waals surface area contributed by atoms with Gasteiger partial charge >= 0.3 is 0 Å². The largest absolute Gasteiger partial charge is 0.310 e. The molecule has 2 bridgehead atoms. The molecule has 5 nitrogen and oxygen atoms in total. The number of pyridine rings is 1. The summed E-state index contributed by atoms with van der Waals surface area (Å²) >= 11 is 0. The van der Waals surface area contributed by atoms with Crippen LogP contribution in [0.5, 0.6) is 0 Å². The van der Waals surface area contributed by atoms with Crippen molar-refractivity contribution in [2.75, 3.05) is 5.32 Å². The number of anilines is 1. The van der Waals surface area contributed by atoms with Gasteiger partial charge < -0.3 is 5.32 Å². The maximum atomic E-state index is 13.7. The van der Waals surface area contributed by atoms with E-state index in [0.717, 1.165) is 40.8 Å². The van der Waals surface area contributed by atoms with Crippen molar-refractivity contribution < 1.29 is 4.79 Å². The molecule has 2 aromatic heterocycles. The third-order valence-electron chi connectivity index (χ3n) is 7.49. The molecule has 1 fully saturated rings. The fraction of sp³-hybridized carbons (Fsp3) is 0.391. The summed E-state index contributed by atoms with van der Waals surface area (Å²) in [5.41, 5.74) is 3.43. The Hall–Kier alpha value is -2.82. The second kappa shape index (κ2) is 5.37. The summed E-state index contributed by atoms with van der Waals surface area (Å²) in [6.45, 7) is 8.62. The highest BCUT2D eigenvalue weighted by Gasteiger charge is 2.73. The summed E-state index contributed by atoms with van der Waals surface area (Å²) in [6, 6.07) is 11.7. The minimum Gasteiger partial charge on any atom is -0.310 e. The molecule has 0 radical (unpaired) electrons. The topological polar surface area (TPSA) is 67.8 Å². The number of amides is 1. The normalized spacial score (nSPS) is 27.0. The quantitative estimate of drug-likeness (QED) is 0.728. The first-order chi connectivity index (χ1) is 13.3. The highest BCUT2D eigenvalue weighted by atomic mass is 16.2. The van der Waals surface area contributed by atoms with Gasteiger partial charge in [-0.2, -0.15) is 0 Å². The van der Waals surface area contributed by atoms with Crippen LogP contribution in [0.4, 0.5) is 5.82 Å². The maximum absolute atomic E-state index is 13.7. The monoisotopic (exact) mass is 372 g/mol. The van der Waals surface area contributed by atoms with Crippen molar-refractivity contribution in [3.63, 3.8) is 0 Å². The molecule has 2 atom stereocenters. The Morgan fingerprint density at radius 3 is 2.36 bits per heavy atom. The van der Waals surface area contributed by atoms with Gasteiger partial charge in [0.05, 0.1) is 27.8 Å². The second-order valence-corrected chi connectivity index (χ2v) is 8.94. The van der Waals surface area contributed by atoms with Crippen molar-refractivity contribution in [1.82, 2.24) is 15.0 Å². The van der Waals surface area contributed by atoms with E-state index < -0.39 is 5.41 Å². The Kier molecular flexibility index (Phi) is 3.32. The smallest absolute Gasteiger partial charge is 0.238 e. The highest BCUT2D eigenvalue weighted by Crippen LogP contribution is 2.70. The fourth-order valence-corrected chi connectivity index (χ4v) is 5.38. The van der Waals surface area contributed by atoms with Gasteiger partial charge in [-0.25, -0.2) is 15.0 Å². The van der Waals surface area contributed by atoms with E-state index in [1.54, 1.807) is 6.20 Å². The van der Waals surface area contributed by atoms with E-state index in [0.29, 0.717) is 5.82 Å². The predicted octanol–water partition coefficient (Wildman–Crippen LogP) is 4.30. The van der Waals surface area contributed by atoms with Crippen LogP contribution in [0.2, 0.25) is 0 Å². The molecule has 1 N–H and O–H groups in total. The van der Waals surface area contributed by atoms with Gasteiger partial charge in [-0.1, -0.05) is 32.9 Å². The first kappa shape index (κ1) is 17.3. The van der Waals surface area contributed by atoms with Crippen LogP contribution >= 0.6 is 0 Å². The molecule has 5 heteroatoms. The van der Waals surface area contributed by atoms with Crippen LogP contribution in [0.1, 0.15) is 50.6 Å². The minimum atomic E-state index is -0.709. The molecule has 1 aromatic carbocycles. The third-order valence-corrected chi connectivity index (χ3v) is 7.49. The van der Waals surface area contributed by atoms with Crippen LogP contribution in [0.3, 0.4) is 0 Å². The minimum absolute atomic E-state index is 0.0253. The molecule has 1 saturated carbocycles.